The van der Waals surface area contributed by atoms with Crippen molar-refractivity contribution in [2.45, 2.75) is 116 Å². The first-order valence-electron chi connectivity index (χ1n) is 12.4. The zero-order valence-electron chi connectivity index (χ0n) is 21.4. The number of carbonyl (C=O) groups is 4. The Morgan fingerprint density at radius 1 is 0.939 bits per heavy atom. The Morgan fingerprint density at radius 3 is 2.09 bits per heavy atom. The number of piperidine rings is 1. The number of imide groups is 1. The van der Waals surface area contributed by atoms with Crippen LogP contribution in [0.2, 0.25) is 0 Å². The number of carbonyl (C=O) groups excluding carboxylic acids is 4. The number of urea groups is 1. The van der Waals surface area contributed by atoms with Gasteiger partial charge in [-0.2, -0.15) is 0 Å². The van der Waals surface area contributed by atoms with Crippen molar-refractivity contribution in [1.82, 2.24) is 15.1 Å². The van der Waals surface area contributed by atoms with Gasteiger partial charge in [-0.25, -0.2) is 4.79 Å². The van der Waals surface area contributed by atoms with E-state index in [1.165, 1.54) is 31.1 Å². The van der Waals surface area contributed by atoms with Crippen molar-refractivity contribution >= 4 is 23.7 Å². The summed E-state index contributed by atoms with van der Waals surface area (Å²) in [6, 6.07) is -0.285. The minimum absolute atomic E-state index is 0.116. The van der Waals surface area contributed by atoms with Crippen LogP contribution >= 0.6 is 0 Å². The van der Waals surface area contributed by atoms with Crippen LogP contribution in [0.5, 0.6) is 0 Å². The third-order valence-corrected chi connectivity index (χ3v) is 6.88. The van der Waals surface area contributed by atoms with E-state index in [-0.39, 0.29) is 30.7 Å². The molecule has 0 aromatic heterocycles. The van der Waals surface area contributed by atoms with Gasteiger partial charge in [0.05, 0.1) is 0 Å². The molecule has 8 heteroatoms. The highest BCUT2D eigenvalue weighted by Crippen LogP contribution is 2.45. The van der Waals surface area contributed by atoms with Gasteiger partial charge in [0.25, 0.3) is 5.91 Å². The Balaban J connectivity index is 2.01. The molecule has 2 aliphatic heterocycles. The smallest absolute Gasteiger partial charge is 0.325 e. The summed E-state index contributed by atoms with van der Waals surface area (Å²) < 4.78 is 5.25. The summed E-state index contributed by atoms with van der Waals surface area (Å²) in [7, 11) is 0. The van der Waals surface area contributed by atoms with Gasteiger partial charge in [0, 0.05) is 24.2 Å². The van der Waals surface area contributed by atoms with Crippen LogP contribution in [-0.4, -0.2) is 69.8 Å². The average molecular weight is 466 g/mol. The van der Waals surface area contributed by atoms with Crippen molar-refractivity contribution in [3.63, 3.8) is 0 Å². The molecule has 0 aliphatic carbocycles. The predicted molar refractivity (Wildman–Crippen MR) is 127 cm³/mol. The molecule has 2 aliphatic rings. The second-order valence-electron chi connectivity index (χ2n) is 11.0. The van der Waals surface area contributed by atoms with Gasteiger partial charge in [0.15, 0.2) is 0 Å². The lowest BCUT2D eigenvalue weighted by Gasteiger charge is -2.57. The van der Waals surface area contributed by atoms with E-state index in [1.807, 2.05) is 0 Å². The van der Waals surface area contributed by atoms with Crippen LogP contribution in [0.3, 0.4) is 0 Å². The predicted octanol–water partition coefficient (Wildman–Crippen LogP) is 3.81. The van der Waals surface area contributed by atoms with Gasteiger partial charge in [0.1, 0.15) is 24.3 Å². The van der Waals surface area contributed by atoms with Gasteiger partial charge in [-0.05, 0) is 53.9 Å². The molecule has 0 atom stereocenters. The molecular formula is C25H43N3O5. The molecule has 0 aromatic carbocycles. The van der Waals surface area contributed by atoms with Crippen LogP contribution in [0.25, 0.3) is 0 Å². The number of nitrogens with zero attached hydrogens (tertiary/aromatic N) is 2. The van der Waals surface area contributed by atoms with Gasteiger partial charge in [-0.15, -0.1) is 0 Å². The van der Waals surface area contributed by atoms with E-state index >= 15 is 0 Å². The first-order chi connectivity index (χ1) is 15.3. The molecule has 1 N–H and O–H groups in total. The summed E-state index contributed by atoms with van der Waals surface area (Å²) in [4.78, 5) is 52.7. The Kier molecular flexibility index (Phi) is 9.08. The number of nitrogens with one attached hydrogen (secondary N) is 1. The Labute approximate surface area is 198 Å². The van der Waals surface area contributed by atoms with E-state index in [1.54, 1.807) is 0 Å². The summed E-state index contributed by atoms with van der Waals surface area (Å²) >= 11 is 0. The van der Waals surface area contributed by atoms with Crippen molar-refractivity contribution < 1.29 is 23.9 Å². The third-order valence-electron chi connectivity index (χ3n) is 6.88. The molecule has 3 amide bonds. The van der Waals surface area contributed by atoms with Crippen LogP contribution < -0.4 is 5.32 Å². The van der Waals surface area contributed by atoms with Crippen molar-refractivity contribution in [1.29, 1.82) is 0 Å². The number of likely N-dealkylation sites (tertiary alicyclic amines) is 1. The SMILES string of the molecule is CCCCCCCCN1C(=O)NC2(CC(C)(C)N(CCOC(=O)CC(C)=O)C(C)(C)C2)C1=O. The number of ketones is 1. The van der Waals surface area contributed by atoms with Gasteiger partial charge < -0.3 is 10.1 Å². The molecule has 0 bridgehead atoms. The summed E-state index contributed by atoms with van der Waals surface area (Å²) in [6.07, 6.45) is 7.37. The zero-order chi connectivity index (χ0) is 24.9. The molecule has 0 radical (unpaired) electrons. The maximum Gasteiger partial charge on any atom is 0.325 e. The largest absolute Gasteiger partial charge is 0.464 e. The molecule has 188 valence electrons. The third kappa shape index (κ3) is 6.78. The fourth-order valence-corrected chi connectivity index (χ4v) is 5.83. The van der Waals surface area contributed by atoms with Crippen LogP contribution in [0.15, 0.2) is 0 Å². The summed E-state index contributed by atoms with van der Waals surface area (Å²) in [5.41, 5.74) is -1.73. The lowest BCUT2D eigenvalue weighted by Crippen LogP contribution is -2.70. The van der Waals surface area contributed by atoms with Crippen LogP contribution in [-0.2, 0) is 19.1 Å². The van der Waals surface area contributed by atoms with Crippen LogP contribution in [0.4, 0.5) is 4.79 Å². The fourth-order valence-electron chi connectivity index (χ4n) is 5.83. The molecule has 2 fully saturated rings. The Bertz CT molecular complexity index is 728. The molecule has 2 saturated heterocycles. The first kappa shape index (κ1) is 27.3. The minimum Gasteiger partial charge on any atom is -0.464 e. The lowest BCUT2D eigenvalue weighted by atomic mass is 9.69. The number of Topliss-reactive ketones (excluding diaryl/α,β-unsaturated/α-hetero) is 1. The second-order valence-corrected chi connectivity index (χ2v) is 11.0. The topological polar surface area (TPSA) is 96.0 Å². The van der Waals surface area contributed by atoms with Gasteiger partial charge in [-0.3, -0.25) is 24.2 Å². The highest BCUT2D eigenvalue weighted by Gasteiger charge is 2.60. The second kappa shape index (κ2) is 11.0. The summed E-state index contributed by atoms with van der Waals surface area (Å²) in [5, 5.41) is 3.05. The fraction of sp³-hybridized carbons (Fsp3) is 0.840. The van der Waals surface area contributed by atoms with Crippen LogP contribution in [0.1, 0.15) is 99.3 Å². The Morgan fingerprint density at radius 2 is 1.52 bits per heavy atom. The zero-order valence-corrected chi connectivity index (χ0v) is 21.4. The van der Waals surface area contributed by atoms with Crippen molar-refractivity contribution in [2.75, 3.05) is 19.7 Å². The van der Waals surface area contributed by atoms with E-state index in [9.17, 15) is 19.2 Å². The molecule has 0 aromatic rings. The molecule has 2 heterocycles. The highest BCUT2D eigenvalue weighted by molar-refractivity contribution is 6.07. The van der Waals surface area contributed by atoms with E-state index in [4.69, 9.17) is 4.74 Å². The normalized spacial score (nSPS) is 21.3. The van der Waals surface area contributed by atoms with E-state index in [0.717, 1.165) is 19.3 Å². The lowest BCUT2D eigenvalue weighted by molar-refractivity contribution is -0.149. The molecule has 0 saturated carbocycles. The number of ether oxygens (including phenoxy) is 1. The number of amides is 3. The molecule has 33 heavy (non-hydrogen) atoms. The van der Waals surface area contributed by atoms with Crippen molar-refractivity contribution in [3.05, 3.63) is 0 Å². The van der Waals surface area contributed by atoms with E-state index in [0.29, 0.717) is 25.9 Å². The molecule has 8 nitrogen and oxygen atoms in total. The molecule has 1 spiro atoms. The maximum absolute atomic E-state index is 13.5. The standard InChI is InChI=1S/C25H43N3O5/c1-7-8-9-10-11-12-13-27-21(31)25(26-22(27)32)17-23(3,4)28(24(5,6)18-25)14-15-33-20(30)16-19(2)29/h7-18H2,1-6H3,(H,26,32). The van der Waals surface area contributed by atoms with Gasteiger partial charge in [0.2, 0.25) is 0 Å². The van der Waals surface area contributed by atoms with Gasteiger partial charge in [-0.1, -0.05) is 39.0 Å². The van der Waals surface area contributed by atoms with Crippen LogP contribution in [0, 0.1) is 0 Å². The maximum atomic E-state index is 13.5. The molecular weight excluding hydrogens is 422 g/mol. The van der Waals surface area contributed by atoms with Gasteiger partial charge >= 0.3 is 12.0 Å². The van der Waals surface area contributed by atoms with Crippen molar-refractivity contribution in [3.8, 4) is 0 Å². The number of hydrogen-bond acceptors (Lipinski definition) is 6. The average Bonchev–Trinajstić information content (AvgIpc) is 2.88. The minimum atomic E-state index is -0.909. The van der Waals surface area contributed by atoms with E-state index < -0.39 is 22.6 Å². The monoisotopic (exact) mass is 465 g/mol. The van der Waals surface area contributed by atoms with Crippen molar-refractivity contribution in [2.24, 2.45) is 0 Å². The summed E-state index contributed by atoms with van der Waals surface area (Å²) in [5.74, 6) is -0.855. The molecule has 0 unspecified atom stereocenters. The highest BCUT2D eigenvalue weighted by atomic mass is 16.5. The Hall–Kier alpha value is -1.96. The number of unbranched alkanes of at least 4 members (excludes halogenated alkanes) is 5. The number of esters is 1. The molecule has 2 rings (SSSR count). The number of rotatable bonds is 12. The first-order valence-corrected chi connectivity index (χ1v) is 12.4. The quantitative estimate of drug-likeness (QED) is 0.204. The summed E-state index contributed by atoms with van der Waals surface area (Å²) in [6.45, 7) is 12.9. The van der Waals surface area contributed by atoms with E-state index in [2.05, 4.69) is 44.8 Å². The number of hydrogen-bond donors (Lipinski definition) is 1.